The highest BCUT2D eigenvalue weighted by Gasteiger charge is 2.31. The van der Waals surface area contributed by atoms with Gasteiger partial charge >= 0.3 is 0 Å². The second kappa shape index (κ2) is 1.96. The smallest absolute Gasteiger partial charge is 0.0558 e. The molecule has 2 rings (SSSR count). The van der Waals surface area contributed by atoms with Crippen LogP contribution in [0, 0.1) is 0 Å². The van der Waals surface area contributed by atoms with Crippen LogP contribution in [0.3, 0.4) is 0 Å². The predicted molar refractivity (Wildman–Crippen MR) is 42.4 cm³/mol. The topological polar surface area (TPSA) is 26.0 Å². The van der Waals surface area contributed by atoms with Gasteiger partial charge in [-0.05, 0) is 11.1 Å². The zero-order valence-corrected chi connectivity index (χ0v) is 5.62. The average molecular weight is 131 g/mol. The first kappa shape index (κ1) is 5.69. The van der Waals surface area contributed by atoms with Crippen molar-refractivity contribution in [1.82, 2.24) is 0 Å². The van der Waals surface area contributed by atoms with E-state index in [1.54, 1.807) is 0 Å². The molecule has 0 saturated heterocycles. The SMILES string of the molecule is NC1C2=CC=CC=CC=C21. The van der Waals surface area contributed by atoms with Crippen molar-refractivity contribution in [3.05, 3.63) is 47.6 Å². The zero-order chi connectivity index (χ0) is 6.97. The van der Waals surface area contributed by atoms with Crippen LogP contribution in [0.5, 0.6) is 0 Å². The van der Waals surface area contributed by atoms with Crippen LogP contribution in [-0.4, -0.2) is 6.04 Å². The Hall–Kier alpha value is -1.08. The number of allylic oxidation sites excluding steroid dienone is 6. The first-order valence-corrected chi connectivity index (χ1v) is 3.40. The molecule has 50 valence electrons. The summed E-state index contributed by atoms with van der Waals surface area (Å²) in [5.41, 5.74) is 8.26. The molecule has 2 N–H and O–H groups in total. The quantitative estimate of drug-likeness (QED) is 0.527. The van der Waals surface area contributed by atoms with Gasteiger partial charge in [-0.25, -0.2) is 0 Å². The van der Waals surface area contributed by atoms with E-state index in [1.165, 1.54) is 11.1 Å². The van der Waals surface area contributed by atoms with Crippen molar-refractivity contribution in [2.45, 2.75) is 6.04 Å². The van der Waals surface area contributed by atoms with Gasteiger partial charge in [0.25, 0.3) is 0 Å². The molecule has 0 atom stereocenters. The first-order chi connectivity index (χ1) is 4.89. The molecule has 1 saturated carbocycles. The van der Waals surface area contributed by atoms with Crippen LogP contribution in [-0.2, 0) is 0 Å². The van der Waals surface area contributed by atoms with E-state index in [-0.39, 0.29) is 6.04 Å². The molecule has 0 heterocycles. The summed E-state index contributed by atoms with van der Waals surface area (Å²) in [6, 6.07) is 0.215. The highest BCUT2D eigenvalue weighted by Crippen LogP contribution is 2.35. The maximum absolute atomic E-state index is 5.71. The summed E-state index contributed by atoms with van der Waals surface area (Å²) in [6.07, 6.45) is 12.2. The standard InChI is InChI=1S/C9H9N/c10-9-7-5-3-1-2-4-6-8(7)9/h1-6,9H,10H2. The minimum absolute atomic E-state index is 0.215. The van der Waals surface area contributed by atoms with Crippen molar-refractivity contribution in [2.24, 2.45) is 5.73 Å². The van der Waals surface area contributed by atoms with Gasteiger partial charge in [-0.15, -0.1) is 0 Å². The second-order valence-electron chi connectivity index (χ2n) is 2.49. The molecule has 0 bridgehead atoms. The van der Waals surface area contributed by atoms with Gasteiger partial charge in [-0.1, -0.05) is 36.5 Å². The van der Waals surface area contributed by atoms with Crippen LogP contribution in [0.25, 0.3) is 0 Å². The van der Waals surface area contributed by atoms with E-state index >= 15 is 0 Å². The molecule has 0 unspecified atom stereocenters. The van der Waals surface area contributed by atoms with E-state index in [0.29, 0.717) is 0 Å². The van der Waals surface area contributed by atoms with Gasteiger partial charge < -0.3 is 5.73 Å². The Morgan fingerprint density at radius 3 is 1.90 bits per heavy atom. The maximum atomic E-state index is 5.71. The minimum Gasteiger partial charge on any atom is -0.320 e. The van der Waals surface area contributed by atoms with Gasteiger partial charge in [-0.2, -0.15) is 0 Å². The minimum atomic E-state index is 0.215. The largest absolute Gasteiger partial charge is 0.320 e. The molecule has 0 radical (unpaired) electrons. The molecule has 1 fully saturated rings. The molecule has 0 amide bonds. The number of rotatable bonds is 0. The normalized spacial score (nSPS) is 27.9. The van der Waals surface area contributed by atoms with Crippen LogP contribution >= 0.6 is 0 Å². The van der Waals surface area contributed by atoms with E-state index in [1.807, 2.05) is 24.3 Å². The van der Waals surface area contributed by atoms with E-state index in [4.69, 9.17) is 5.73 Å². The summed E-state index contributed by atoms with van der Waals surface area (Å²) in [6.45, 7) is 0. The van der Waals surface area contributed by atoms with E-state index in [9.17, 15) is 0 Å². The summed E-state index contributed by atoms with van der Waals surface area (Å²) < 4.78 is 0. The van der Waals surface area contributed by atoms with Gasteiger partial charge in [0, 0.05) is 0 Å². The summed E-state index contributed by atoms with van der Waals surface area (Å²) in [7, 11) is 0. The maximum Gasteiger partial charge on any atom is 0.0558 e. The number of hydrogen-bond acceptors (Lipinski definition) is 1. The van der Waals surface area contributed by atoms with Crippen LogP contribution in [0.15, 0.2) is 47.6 Å². The molecule has 1 heteroatoms. The molecule has 2 aliphatic rings. The Morgan fingerprint density at radius 1 is 0.900 bits per heavy atom. The Balaban J connectivity index is 2.38. The van der Waals surface area contributed by atoms with Crippen LogP contribution in [0.4, 0.5) is 0 Å². The van der Waals surface area contributed by atoms with E-state index in [2.05, 4.69) is 12.2 Å². The van der Waals surface area contributed by atoms with Crippen molar-refractivity contribution in [1.29, 1.82) is 0 Å². The summed E-state index contributed by atoms with van der Waals surface area (Å²) in [5, 5.41) is 0. The molecular formula is C9H9N. The van der Waals surface area contributed by atoms with Gasteiger partial charge in [0.1, 0.15) is 0 Å². The van der Waals surface area contributed by atoms with Crippen molar-refractivity contribution in [3.63, 3.8) is 0 Å². The fraction of sp³-hybridized carbons (Fsp3) is 0.111. The average Bonchev–Trinajstić information content (AvgIpc) is 2.39. The summed E-state index contributed by atoms with van der Waals surface area (Å²) >= 11 is 0. The molecule has 0 aromatic carbocycles. The lowest BCUT2D eigenvalue weighted by Gasteiger charge is -1.76. The van der Waals surface area contributed by atoms with Gasteiger partial charge in [-0.3, -0.25) is 0 Å². The molecule has 10 heavy (non-hydrogen) atoms. The lowest BCUT2D eigenvalue weighted by molar-refractivity contribution is 1.17. The third-order valence-electron chi connectivity index (χ3n) is 1.81. The first-order valence-electron chi connectivity index (χ1n) is 3.40. The van der Waals surface area contributed by atoms with Crippen molar-refractivity contribution in [2.75, 3.05) is 0 Å². The van der Waals surface area contributed by atoms with Crippen LogP contribution in [0.2, 0.25) is 0 Å². The van der Waals surface area contributed by atoms with Gasteiger partial charge in [0.15, 0.2) is 0 Å². The Kier molecular flexibility index (Phi) is 1.11. The fourth-order valence-corrected chi connectivity index (χ4v) is 1.12. The fourth-order valence-electron chi connectivity index (χ4n) is 1.12. The molecule has 0 spiro atoms. The molecule has 2 aliphatic carbocycles. The lowest BCUT2D eigenvalue weighted by Crippen LogP contribution is -1.97. The highest BCUT2D eigenvalue weighted by molar-refractivity contribution is 5.62. The van der Waals surface area contributed by atoms with Crippen molar-refractivity contribution >= 4 is 0 Å². The molecule has 0 aliphatic heterocycles. The summed E-state index contributed by atoms with van der Waals surface area (Å²) in [5.74, 6) is 0. The molecule has 0 aromatic heterocycles. The van der Waals surface area contributed by atoms with Crippen LogP contribution < -0.4 is 5.73 Å². The molecule has 1 nitrogen and oxygen atoms in total. The lowest BCUT2D eigenvalue weighted by atomic mass is 10.3. The molecular weight excluding hydrogens is 122 g/mol. The number of hydrogen-bond donors (Lipinski definition) is 1. The van der Waals surface area contributed by atoms with E-state index in [0.717, 1.165) is 0 Å². The predicted octanol–water partition coefficient (Wildman–Crippen LogP) is 1.31. The Bertz CT molecular complexity index is 238. The molecule has 0 aromatic rings. The Morgan fingerprint density at radius 2 is 1.40 bits per heavy atom. The van der Waals surface area contributed by atoms with Crippen LogP contribution in [0.1, 0.15) is 0 Å². The number of fused-ring (bicyclic) bond motifs is 1. The second-order valence-corrected chi connectivity index (χ2v) is 2.49. The van der Waals surface area contributed by atoms with Gasteiger partial charge in [0.05, 0.1) is 6.04 Å². The third kappa shape index (κ3) is 0.755. The summed E-state index contributed by atoms with van der Waals surface area (Å²) in [4.78, 5) is 0. The monoisotopic (exact) mass is 131 g/mol. The highest BCUT2D eigenvalue weighted by atomic mass is 14.7. The third-order valence-corrected chi connectivity index (χ3v) is 1.81. The Labute approximate surface area is 60.2 Å². The van der Waals surface area contributed by atoms with Crippen molar-refractivity contribution < 1.29 is 0 Å². The van der Waals surface area contributed by atoms with Gasteiger partial charge in [0.2, 0.25) is 0 Å². The zero-order valence-electron chi connectivity index (χ0n) is 5.62. The van der Waals surface area contributed by atoms with E-state index < -0.39 is 0 Å². The number of nitrogens with two attached hydrogens (primary N) is 1. The van der Waals surface area contributed by atoms with Crippen molar-refractivity contribution in [3.8, 4) is 0 Å².